The fourth-order valence-electron chi connectivity index (χ4n) is 2.71. The molecule has 0 aliphatic carbocycles. The van der Waals surface area contributed by atoms with Crippen molar-refractivity contribution in [3.63, 3.8) is 0 Å². The minimum Gasteiger partial charge on any atom is -0.460 e. The van der Waals surface area contributed by atoms with Gasteiger partial charge in [0.1, 0.15) is 18.1 Å². The zero-order valence-electron chi connectivity index (χ0n) is 21.9. The summed E-state index contributed by atoms with van der Waals surface area (Å²) in [6, 6.07) is 13.3. The van der Waals surface area contributed by atoms with Gasteiger partial charge in [0.05, 0.1) is 17.8 Å². The number of aryl methyl sites for hydroxylation is 1. The zero-order chi connectivity index (χ0) is 27.0. The van der Waals surface area contributed by atoms with Gasteiger partial charge in [-0.15, -0.1) is 0 Å². The molecule has 196 valence electrons. The average molecular weight is 510 g/mol. The van der Waals surface area contributed by atoms with Gasteiger partial charge in [0, 0.05) is 17.6 Å². The Morgan fingerprint density at radius 3 is 2.17 bits per heavy atom. The third-order valence-electron chi connectivity index (χ3n) is 4.48. The maximum absolute atomic E-state index is 12.3. The number of aliphatic hydroxyl groups is 1. The second-order valence-corrected chi connectivity index (χ2v) is 12.0. The maximum atomic E-state index is 12.3. The summed E-state index contributed by atoms with van der Waals surface area (Å²) in [6.45, 7) is 14.1. The third-order valence-corrected chi connectivity index (χ3v) is 4.48. The van der Waals surface area contributed by atoms with Gasteiger partial charge in [-0.05, 0) is 83.9 Å². The summed E-state index contributed by atoms with van der Waals surface area (Å²) < 4.78 is 37.5. The highest BCUT2D eigenvalue weighted by Crippen LogP contribution is 2.30. The van der Waals surface area contributed by atoms with Crippen molar-refractivity contribution in [1.82, 2.24) is 5.32 Å². The van der Waals surface area contributed by atoms with Crippen molar-refractivity contribution in [2.45, 2.75) is 66.7 Å². The Labute approximate surface area is 209 Å². The number of ether oxygens (including phenoxy) is 2. The Hall–Kier alpha value is -2.46. The van der Waals surface area contributed by atoms with E-state index >= 15 is 0 Å². The molecule has 0 saturated carbocycles. The molecule has 0 bridgehead atoms. The number of rotatable bonds is 7. The SMILES string of the molecule is CS(=O)(=O)O.Cc1cccc(Oc2ccc(C(O)CNC(C)(C)C)cc2COC(=O)C(C)(C)C)c1. The molecule has 0 radical (unpaired) electrons. The summed E-state index contributed by atoms with van der Waals surface area (Å²) >= 11 is 0. The summed E-state index contributed by atoms with van der Waals surface area (Å²) in [7, 11) is -3.67. The summed E-state index contributed by atoms with van der Waals surface area (Å²) in [5, 5.41) is 13.9. The van der Waals surface area contributed by atoms with E-state index in [0.717, 1.165) is 11.1 Å². The fraction of sp³-hybridized carbons (Fsp3) is 0.500. The number of nitrogens with one attached hydrogen (secondary N) is 1. The number of β-amino-alcohol motifs (C(OH)–C–C–N with tert-alkyl or cyclic N) is 1. The maximum Gasteiger partial charge on any atom is 0.311 e. The lowest BCUT2D eigenvalue weighted by Crippen LogP contribution is -2.38. The van der Waals surface area contributed by atoms with Crippen molar-refractivity contribution in [3.05, 3.63) is 59.2 Å². The normalized spacial score (nSPS) is 12.9. The summed E-state index contributed by atoms with van der Waals surface area (Å²) in [6.07, 6.45) is 0.0295. The molecule has 3 N–H and O–H groups in total. The smallest absolute Gasteiger partial charge is 0.311 e. The van der Waals surface area contributed by atoms with E-state index in [4.69, 9.17) is 14.0 Å². The van der Waals surface area contributed by atoms with Crippen molar-refractivity contribution in [2.75, 3.05) is 12.8 Å². The molecule has 0 heterocycles. The molecule has 0 aliphatic rings. The molecule has 2 rings (SSSR count). The monoisotopic (exact) mass is 509 g/mol. The van der Waals surface area contributed by atoms with Crippen LogP contribution >= 0.6 is 0 Å². The average Bonchev–Trinajstić information content (AvgIpc) is 2.68. The quantitative estimate of drug-likeness (QED) is 0.359. The molecule has 1 unspecified atom stereocenters. The Morgan fingerprint density at radius 1 is 1.06 bits per heavy atom. The van der Waals surface area contributed by atoms with Crippen LogP contribution in [0.5, 0.6) is 11.5 Å². The number of carbonyl (C=O) groups excluding carboxylic acids is 1. The van der Waals surface area contributed by atoms with E-state index in [0.29, 0.717) is 29.9 Å². The second-order valence-electron chi connectivity index (χ2n) is 10.5. The highest BCUT2D eigenvalue weighted by Gasteiger charge is 2.24. The van der Waals surface area contributed by atoms with Gasteiger partial charge >= 0.3 is 5.97 Å². The molecule has 8 nitrogen and oxygen atoms in total. The topological polar surface area (TPSA) is 122 Å². The van der Waals surface area contributed by atoms with E-state index < -0.39 is 21.6 Å². The zero-order valence-corrected chi connectivity index (χ0v) is 22.7. The van der Waals surface area contributed by atoms with Gasteiger partial charge in [0.25, 0.3) is 10.1 Å². The molecule has 0 saturated heterocycles. The minimum atomic E-state index is -3.67. The van der Waals surface area contributed by atoms with Crippen molar-refractivity contribution in [3.8, 4) is 11.5 Å². The predicted octanol–water partition coefficient (Wildman–Crippen LogP) is 4.80. The van der Waals surface area contributed by atoms with Crippen LogP contribution in [-0.4, -0.2) is 42.4 Å². The number of aliphatic hydroxyl groups excluding tert-OH is 1. The van der Waals surface area contributed by atoms with Gasteiger partial charge in [-0.3, -0.25) is 9.35 Å². The van der Waals surface area contributed by atoms with Crippen LogP contribution in [0.4, 0.5) is 0 Å². The Kier molecular flexibility index (Phi) is 10.9. The molecule has 0 spiro atoms. The third kappa shape index (κ3) is 13.3. The summed E-state index contributed by atoms with van der Waals surface area (Å²) in [5.74, 6) is 1.02. The van der Waals surface area contributed by atoms with Gasteiger partial charge in [0.15, 0.2) is 0 Å². The van der Waals surface area contributed by atoms with Gasteiger partial charge in [-0.2, -0.15) is 8.42 Å². The van der Waals surface area contributed by atoms with Gasteiger partial charge < -0.3 is 19.9 Å². The number of esters is 1. The van der Waals surface area contributed by atoms with Crippen LogP contribution in [0.2, 0.25) is 0 Å². The first-order valence-electron chi connectivity index (χ1n) is 11.3. The number of carbonyl (C=O) groups is 1. The fourth-order valence-corrected chi connectivity index (χ4v) is 2.71. The van der Waals surface area contributed by atoms with Crippen LogP contribution in [0, 0.1) is 12.3 Å². The highest BCUT2D eigenvalue weighted by molar-refractivity contribution is 7.85. The molecule has 0 aliphatic heterocycles. The lowest BCUT2D eigenvalue weighted by atomic mass is 9.97. The Balaban J connectivity index is 0.00000111. The molecule has 0 amide bonds. The molecular weight excluding hydrogens is 470 g/mol. The molecule has 2 aromatic rings. The number of hydrogen-bond acceptors (Lipinski definition) is 7. The van der Waals surface area contributed by atoms with E-state index in [1.165, 1.54) is 0 Å². The van der Waals surface area contributed by atoms with Crippen molar-refractivity contribution in [1.29, 1.82) is 0 Å². The van der Waals surface area contributed by atoms with Crippen LogP contribution in [0.25, 0.3) is 0 Å². The van der Waals surface area contributed by atoms with E-state index in [2.05, 4.69) is 26.1 Å². The molecule has 35 heavy (non-hydrogen) atoms. The largest absolute Gasteiger partial charge is 0.460 e. The van der Waals surface area contributed by atoms with E-state index in [-0.39, 0.29) is 18.1 Å². The lowest BCUT2D eigenvalue weighted by Gasteiger charge is -2.23. The Morgan fingerprint density at radius 2 is 1.66 bits per heavy atom. The molecule has 0 aromatic heterocycles. The first-order valence-corrected chi connectivity index (χ1v) is 13.1. The van der Waals surface area contributed by atoms with Crippen molar-refractivity contribution < 1.29 is 32.3 Å². The highest BCUT2D eigenvalue weighted by atomic mass is 32.2. The summed E-state index contributed by atoms with van der Waals surface area (Å²) in [5.41, 5.74) is 1.85. The lowest BCUT2D eigenvalue weighted by molar-refractivity contribution is -0.154. The van der Waals surface area contributed by atoms with Gasteiger partial charge in [0.2, 0.25) is 0 Å². The molecule has 1 atom stereocenters. The molecule has 2 aromatic carbocycles. The van der Waals surface area contributed by atoms with E-state index in [1.54, 1.807) is 0 Å². The minimum absolute atomic E-state index is 0.0739. The predicted molar refractivity (Wildman–Crippen MR) is 137 cm³/mol. The van der Waals surface area contributed by atoms with Crippen LogP contribution in [0.1, 0.15) is 64.3 Å². The van der Waals surface area contributed by atoms with Crippen LogP contribution in [-0.2, 0) is 26.3 Å². The van der Waals surface area contributed by atoms with Crippen LogP contribution in [0.15, 0.2) is 42.5 Å². The van der Waals surface area contributed by atoms with Crippen LogP contribution in [0.3, 0.4) is 0 Å². The first kappa shape index (κ1) is 30.6. The Bertz CT molecular complexity index is 1080. The van der Waals surface area contributed by atoms with Crippen LogP contribution < -0.4 is 10.1 Å². The van der Waals surface area contributed by atoms with E-state index in [1.807, 2.05) is 70.2 Å². The first-order chi connectivity index (χ1) is 15.8. The van der Waals surface area contributed by atoms with Gasteiger partial charge in [-0.25, -0.2) is 0 Å². The molecule has 9 heteroatoms. The molecular formula is C26H39NO7S. The van der Waals surface area contributed by atoms with E-state index in [9.17, 15) is 18.3 Å². The summed E-state index contributed by atoms with van der Waals surface area (Å²) in [4.78, 5) is 12.3. The van der Waals surface area contributed by atoms with Gasteiger partial charge in [-0.1, -0.05) is 18.2 Å². The second kappa shape index (κ2) is 12.5. The van der Waals surface area contributed by atoms with Crippen molar-refractivity contribution in [2.24, 2.45) is 5.41 Å². The number of benzene rings is 2. The standard InChI is InChI=1S/C25H35NO4.CH4O3S/c1-17-9-8-10-20(13-17)30-22-12-11-18(21(27)15-26-25(5,6)7)14-19(22)16-29-23(28)24(2,3)4;1-5(2,3)4/h8-14,21,26-27H,15-16H2,1-7H3;1H3,(H,2,3,4). The number of hydrogen-bond donors (Lipinski definition) is 3. The van der Waals surface area contributed by atoms with Crippen molar-refractivity contribution >= 4 is 16.1 Å². The molecule has 0 fully saturated rings.